The maximum absolute atomic E-state index is 12.4. The molecule has 0 saturated heterocycles. The lowest BCUT2D eigenvalue weighted by atomic mass is 10.2. The van der Waals surface area contributed by atoms with Gasteiger partial charge in [0.1, 0.15) is 11.6 Å². The number of amides is 1. The minimum Gasteiger partial charge on any atom is -0.497 e. The number of nitrogens with zero attached hydrogens (tertiary/aromatic N) is 1. The molecule has 3 aromatic rings. The molecular weight excluding hydrogens is 350 g/mol. The van der Waals surface area contributed by atoms with Gasteiger partial charge in [-0.2, -0.15) is 0 Å². The number of nitrogens with one attached hydrogen (secondary N) is 2. The number of methoxy groups -OCH3 is 1. The second-order valence-electron chi connectivity index (χ2n) is 5.56. The van der Waals surface area contributed by atoms with Gasteiger partial charge in [0.2, 0.25) is 0 Å². The lowest BCUT2D eigenvalue weighted by molar-refractivity contribution is 0.0951. The fourth-order valence-corrected chi connectivity index (χ4v) is 2.61. The molecule has 1 aromatic heterocycles. The van der Waals surface area contributed by atoms with E-state index in [0.29, 0.717) is 22.9 Å². The molecule has 0 aliphatic rings. The molecule has 0 fully saturated rings. The van der Waals surface area contributed by atoms with Gasteiger partial charge >= 0.3 is 0 Å². The van der Waals surface area contributed by atoms with Crippen molar-refractivity contribution in [3.05, 3.63) is 83.0 Å². The first-order chi connectivity index (χ1) is 12.7. The first-order valence-corrected chi connectivity index (χ1v) is 8.42. The van der Waals surface area contributed by atoms with E-state index in [1.54, 1.807) is 31.5 Å². The van der Waals surface area contributed by atoms with Crippen LogP contribution in [0.2, 0.25) is 5.02 Å². The van der Waals surface area contributed by atoms with Crippen LogP contribution in [0.3, 0.4) is 0 Å². The number of halogens is 1. The maximum atomic E-state index is 12.4. The summed E-state index contributed by atoms with van der Waals surface area (Å²) in [5.74, 6) is 1.12. The molecule has 0 bridgehead atoms. The normalized spacial score (nSPS) is 10.2. The molecule has 0 atom stereocenters. The van der Waals surface area contributed by atoms with Crippen molar-refractivity contribution in [2.24, 2.45) is 0 Å². The van der Waals surface area contributed by atoms with Crippen molar-refractivity contribution in [1.29, 1.82) is 0 Å². The second-order valence-corrected chi connectivity index (χ2v) is 5.97. The van der Waals surface area contributed by atoms with Crippen LogP contribution < -0.4 is 15.4 Å². The number of carbonyl (C=O) groups excluding carboxylic acids is 1. The van der Waals surface area contributed by atoms with Crippen molar-refractivity contribution in [2.75, 3.05) is 12.4 Å². The molecule has 132 valence electrons. The van der Waals surface area contributed by atoms with Crippen LogP contribution in [-0.2, 0) is 6.54 Å². The number of ether oxygens (including phenoxy) is 1. The van der Waals surface area contributed by atoms with Crippen LogP contribution in [0.25, 0.3) is 0 Å². The smallest absolute Gasteiger partial charge is 0.251 e. The zero-order valence-electron chi connectivity index (χ0n) is 14.2. The van der Waals surface area contributed by atoms with Crippen molar-refractivity contribution < 1.29 is 9.53 Å². The third-order valence-corrected chi connectivity index (χ3v) is 4.13. The highest BCUT2D eigenvalue weighted by atomic mass is 35.5. The Hall–Kier alpha value is -3.05. The van der Waals surface area contributed by atoms with E-state index in [-0.39, 0.29) is 5.91 Å². The monoisotopic (exact) mass is 367 g/mol. The van der Waals surface area contributed by atoms with E-state index in [1.165, 1.54) is 0 Å². The number of rotatable bonds is 6. The van der Waals surface area contributed by atoms with Gasteiger partial charge in [-0.25, -0.2) is 4.98 Å². The minimum atomic E-state index is -0.194. The largest absolute Gasteiger partial charge is 0.497 e. The number of pyridine rings is 1. The molecular formula is C20H18ClN3O2. The predicted octanol–water partition coefficient (Wildman–Crippen LogP) is 4.42. The van der Waals surface area contributed by atoms with Gasteiger partial charge in [0.25, 0.3) is 5.91 Å². The lowest BCUT2D eigenvalue weighted by Gasteiger charge is -2.10. The topological polar surface area (TPSA) is 63.2 Å². The van der Waals surface area contributed by atoms with Crippen molar-refractivity contribution in [1.82, 2.24) is 10.3 Å². The Balaban J connectivity index is 1.68. The average Bonchev–Trinajstić information content (AvgIpc) is 2.67. The fraction of sp³-hybridized carbons (Fsp3) is 0.100. The average molecular weight is 368 g/mol. The number of anilines is 2. The third kappa shape index (κ3) is 4.52. The Bertz CT molecular complexity index is 915. The van der Waals surface area contributed by atoms with Crippen LogP contribution in [0.1, 0.15) is 15.9 Å². The zero-order chi connectivity index (χ0) is 18.4. The molecule has 2 N–H and O–H groups in total. The molecule has 0 spiro atoms. The number of hydrogen-bond acceptors (Lipinski definition) is 4. The van der Waals surface area contributed by atoms with Crippen molar-refractivity contribution in [3.63, 3.8) is 0 Å². The Morgan fingerprint density at radius 2 is 1.96 bits per heavy atom. The van der Waals surface area contributed by atoms with E-state index in [0.717, 1.165) is 17.0 Å². The molecule has 0 radical (unpaired) electrons. The second kappa shape index (κ2) is 8.36. The Labute approximate surface area is 157 Å². The summed E-state index contributed by atoms with van der Waals surface area (Å²) in [4.78, 5) is 16.7. The summed E-state index contributed by atoms with van der Waals surface area (Å²) in [7, 11) is 1.61. The molecule has 0 aliphatic carbocycles. The van der Waals surface area contributed by atoms with Crippen LogP contribution in [0, 0.1) is 0 Å². The van der Waals surface area contributed by atoms with E-state index in [2.05, 4.69) is 15.6 Å². The first kappa shape index (κ1) is 17.8. The highest BCUT2D eigenvalue weighted by Gasteiger charge is 2.08. The lowest BCUT2D eigenvalue weighted by Crippen LogP contribution is -2.23. The summed E-state index contributed by atoms with van der Waals surface area (Å²) in [5, 5.41) is 6.66. The van der Waals surface area contributed by atoms with Crippen LogP contribution in [0.5, 0.6) is 5.75 Å². The van der Waals surface area contributed by atoms with E-state index in [1.807, 2.05) is 42.5 Å². The molecule has 1 amide bonds. The molecule has 0 unspecified atom stereocenters. The van der Waals surface area contributed by atoms with E-state index >= 15 is 0 Å². The Kier molecular flexibility index (Phi) is 5.71. The number of hydrogen-bond donors (Lipinski definition) is 2. The Morgan fingerprint density at radius 3 is 2.77 bits per heavy atom. The molecule has 5 nitrogen and oxygen atoms in total. The fourth-order valence-electron chi connectivity index (χ4n) is 2.41. The summed E-state index contributed by atoms with van der Waals surface area (Å²) in [6.45, 7) is 0.361. The van der Waals surface area contributed by atoms with Crippen molar-refractivity contribution in [3.8, 4) is 5.75 Å². The molecule has 3 rings (SSSR count). The van der Waals surface area contributed by atoms with E-state index in [4.69, 9.17) is 16.3 Å². The van der Waals surface area contributed by atoms with E-state index in [9.17, 15) is 4.79 Å². The highest BCUT2D eigenvalue weighted by molar-refractivity contribution is 6.31. The molecule has 0 saturated carbocycles. The molecule has 26 heavy (non-hydrogen) atoms. The van der Waals surface area contributed by atoms with Gasteiger partial charge in [0.15, 0.2) is 0 Å². The quantitative estimate of drug-likeness (QED) is 0.677. The van der Waals surface area contributed by atoms with Crippen LogP contribution in [0.4, 0.5) is 11.5 Å². The summed E-state index contributed by atoms with van der Waals surface area (Å²) < 4.78 is 5.20. The van der Waals surface area contributed by atoms with Crippen LogP contribution in [0.15, 0.2) is 66.9 Å². The summed E-state index contributed by atoms with van der Waals surface area (Å²) in [6, 6.07) is 18.3. The first-order valence-electron chi connectivity index (χ1n) is 8.04. The Morgan fingerprint density at radius 1 is 1.12 bits per heavy atom. The van der Waals surface area contributed by atoms with Gasteiger partial charge in [0.05, 0.1) is 7.11 Å². The van der Waals surface area contributed by atoms with Crippen LogP contribution >= 0.6 is 11.6 Å². The number of benzene rings is 2. The van der Waals surface area contributed by atoms with Crippen molar-refractivity contribution >= 4 is 29.0 Å². The van der Waals surface area contributed by atoms with Crippen LogP contribution in [-0.4, -0.2) is 18.0 Å². The van der Waals surface area contributed by atoms with Crippen molar-refractivity contribution in [2.45, 2.75) is 6.54 Å². The SMILES string of the molecule is COc1cccc(Nc2cc(C(=O)NCc3ccccc3Cl)ccn2)c1. The maximum Gasteiger partial charge on any atom is 0.251 e. The molecule has 1 heterocycles. The summed E-state index contributed by atoms with van der Waals surface area (Å²) >= 11 is 6.11. The summed E-state index contributed by atoms with van der Waals surface area (Å²) in [6.07, 6.45) is 1.59. The van der Waals surface area contributed by atoms with Gasteiger partial charge < -0.3 is 15.4 Å². The van der Waals surface area contributed by atoms with Gasteiger partial charge in [-0.3, -0.25) is 4.79 Å². The van der Waals surface area contributed by atoms with E-state index < -0.39 is 0 Å². The zero-order valence-corrected chi connectivity index (χ0v) is 15.0. The van der Waals surface area contributed by atoms with Gasteiger partial charge in [-0.15, -0.1) is 0 Å². The predicted molar refractivity (Wildman–Crippen MR) is 103 cm³/mol. The standard InChI is InChI=1S/C20H18ClN3O2/c1-26-17-7-4-6-16(12-17)24-19-11-14(9-10-22-19)20(25)23-13-15-5-2-3-8-18(15)21/h2-12H,13H2,1H3,(H,22,24)(H,23,25). The van der Waals surface area contributed by atoms with Gasteiger partial charge in [-0.05, 0) is 35.9 Å². The molecule has 0 aliphatic heterocycles. The number of aromatic nitrogens is 1. The molecule has 2 aromatic carbocycles. The third-order valence-electron chi connectivity index (χ3n) is 3.76. The highest BCUT2D eigenvalue weighted by Crippen LogP contribution is 2.20. The van der Waals surface area contributed by atoms with Gasteiger partial charge in [-0.1, -0.05) is 35.9 Å². The summed E-state index contributed by atoms with van der Waals surface area (Å²) in [5.41, 5.74) is 2.20. The minimum absolute atomic E-state index is 0.194. The van der Waals surface area contributed by atoms with Gasteiger partial charge in [0, 0.05) is 35.1 Å². The number of carbonyl (C=O) groups is 1. The molecule has 6 heteroatoms.